The molecule has 1 amide bonds. The Bertz CT molecular complexity index is 954. The first-order valence-corrected chi connectivity index (χ1v) is 8.80. The van der Waals surface area contributed by atoms with E-state index in [0.29, 0.717) is 35.4 Å². The lowest BCUT2D eigenvalue weighted by molar-refractivity contribution is 0.0946. The molecule has 0 aliphatic rings. The number of carbonyl (C=O) groups excluding carboxylic acids is 1. The number of rotatable bonds is 7. The molecule has 3 rings (SSSR count). The zero-order chi connectivity index (χ0) is 19.4. The number of halogens is 2. The second-order valence-corrected chi connectivity index (χ2v) is 6.51. The van der Waals surface area contributed by atoms with Crippen molar-refractivity contribution in [2.45, 2.75) is 18.9 Å². The lowest BCUT2D eigenvalue weighted by Crippen LogP contribution is -2.37. The number of nitrogens with one attached hydrogen (secondary N) is 2. The fourth-order valence-electron chi connectivity index (χ4n) is 2.94. The van der Waals surface area contributed by atoms with Crippen LogP contribution in [0.25, 0.3) is 22.0 Å². The third-order valence-electron chi connectivity index (χ3n) is 4.41. The number of H-pyrrole nitrogens is 1. The quantitative estimate of drug-likeness (QED) is 0.513. The fourth-order valence-corrected chi connectivity index (χ4v) is 2.94. The summed E-state index contributed by atoms with van der Waals surface area (Å²) >= 11 is 0. The smallest absolute Gasteiger partial charge is 0.267 e. The number of carbonyl (C=O) groups is 1. The number of nitrogens with two attached hydrogens (primary N) is 2. The van der Waals surface area contributed by atoms with Gasteiger partial charge in [-0.2, -0.15) is 0 Å². The van der Waals surface area contributed by atoms with E-state index >= 15 is 0 Å². The van der Waals surface area contributed by atoms with Gasteiger partial charge in [-0.3, -0.25) is 4.79 Å². The molecular formula is C20H22F2N4O. The second-order valence-electron chi connectivity index (χ2n) is 6.51. The first kappa shape index (κ1) is 19.0. The summed E-state index contributed by atoms with van der Waals surface area (Å²) in [6.45, 7) is 0.931. The van der Waals surface area contributed by atoms with Crippen molar-refractivity contribution in [2.24, 2.45) is 11.5 Å². The molecule has 0 saturated carbocycles. The Balaban J connectivity index is 1.76. The zero-order valence-electron chi connectivity index (χ0n) is 14.8. The Morgan fingerprint density at radius 2 is 1.96 bits per heavy atom. The van der Waals surface area contributed by atoms with Gasteiger partial charge >= 0.3 is 0 Å². The van der Waals surface area contributed by atoms with Crippen molar-refractivity contribution >= 4 is 16.8 Å². The van der Waals surface area contributed by atoms with E-state index in [1.54, 1.807) is 24.3 Å². The summed E-state index contributed by atoms with van der Waals surface area (Å²) in [5, 5.41) is 3.61. The molecule has 0 fully saturated rings. The van der Waals surface area contributed by atoms with Crippen molar-refractivity contribution in [3.05, 3.63) is 59.8 Å². The van der Waals surface area contributed by atoms with Crippen molar-refractivity contribution < 1.29 is 13.6 Å². The van der Waals surface area contributed by atoms with Crippen molar-refractivity contribution in [1.82, 2.24) is 10.3 Å². The number of fused-ring (bicyclic) bond motifs is 1. The molecular weight excluding hydrogens is 350 g/mol. The van der Waals surface area contributed by atoms with Gasteiger partial charge in [0.2, 0.25) is 0 Å². The Morgan fingerprint density at radius 3 is 2.70 bits per heavy atom. The molecule has 5 nitrogen and oxygen atoms in total. The molecule has 27 heavy (non-hydrogen) atoms. The van der Waals surface area contributed by atoms with Crippen LogP contribution in [0.5, 0.6) is 0 Å². The van der Waals surface area contributed by atoms with Gasteiger partial charge in [0, 0.05) is 35.1 Å². The highest BCUT2D eigenvalue weighted by Crippen LogP contribution is 2.27. The third kappa shape index (κ3) is 4.50. The normalized spacial score (nSPS) is 12.3. The molecule has 7 heteroatoms. The highest BCUT2D eigenvalue weighted by molar-refractivity contribution is 5.98. The molecule has 142 valence electrons. The van der Waals surface area contributed by atoms with Gasteiger partial charge in [0.1, 0.15) is 17.3 Å². The number of hydrogen-bond acceptors (Lipinski definition) is 3. The number of aromatic amines is 1. The van der Waals surface area contributed by atoms with Crippen LogP contribution >= 0.6 is 0 Å². The topological polar surface area (TPSA) is 96.9 Å². The SMILES string of the molecule is NCCCC(N)CNC(=O)c1cc2ccc(-c3ccc(F)cc3F)cc2[nH]1. The first-order valence-electron chi connectivity index (χ1n) is 8.80. The van der Waals surface area contributed by atoms with E-state index in [-0.39, 0.29) is 11.9 Å². The summed E-state index contributed by atoms with van der Waals surface area (Å²) in [7, 11) is 0. The molecule has 1 unspecified atom stereocenters. The van der Waals surface area contributed by atoms with Crippen molar-refractivity contribution in [2.75, 3.05) is 13.1 Å². The maximum atomic E-state index is 14.0. The van der Waals surface area contributed by atoms with Gasteiger partial charge in [-0.25, -0.2) is 8.78 Å². The van der Waals surface area contributed by atoms with Crippen molar-refractivity contribution in [3.63, 3.8) is 0 Å². The number of benzene rings is 2. The molecule has 0 radical (unpaired) electrons. The van der Waals surface area contributed by atoms with E-state index in [2.05, 4.69) is 10.3 Å². The Morgan fingerprint density at radius 1 is 1.15 bits per heavy atom. The predicted octanol–water partition coefficient (Wildman–Crippen LogP) is 2.91. The molecule has 6 N–H and O–H groups in total. The van der Waals surface area contributed by atoms with E-state index in [9.17, 15) is 13.6 Å². The molecule has 0 spiro atoms. The van der Waals surface area contributed by atoms with Gasteiger partial charge in [-0.15, -0.1) is 0 Å². The van der Waals surface area contributed by atoms with Crippen LogP contribution in [-0.2, 0) is 0 Å². The maximum Gasteiger partial charge on any atom is 0.267 e. The third-order valence-corrected chi connectivity index (χ3v) is 4.41. The summed E-state index contributed by atoms with van der Waals surface area (Å²) in [6.07, 6.45) is 1.56. The molecule has 0 aliphatic carbocycles. The monoisotopic (exact) mass is 372 g/mol. The average molecular weight is 372 g/mol. The Labute approximate surface area is 155 Å². The minimum Gasteiger partial charge on any atom is -0.351 e. The molecule has 0 saturated heterocycles. The largest absolute Gasteiger partial charge is 0.351 e. The number of amides is 1. The molecule has 3 aromatic rings. The van der Waals surface area contributed by atoms with Crippen LogP contribution < -0.4 is 16.8 Å². The van der Waals surface area contributed by atoms with Gasteiger partial charge in [0.05, 0.1) is 0 Å². The second kappa shape index (κ2) is 8.28. The summed E-state index contributed by atoms with van der Waals surface area (Å²) < 4.78 is 27.1. The van der Waals surface area contributed by atoms with Crippen LogP contribution in [0.2, 0.25) is 0 Å². The standard InChI is InChI=1S/C20H22F2N4O/c21-14-5-6-16(17(22)10-14)12-3-4-13-9-19(26-18(13)8-12)20(27)25-11-15(24)2-1-7-23/h3-6,8-10,15,26H,1-2,7,11,23-24H2,(H,25,27). The van der Waals surface area contributed by atoms with Gasteiger partial charge in [-0.05, 0) is 49.2 Å². The van der Waals surface area contributed by atoms with Crippen molar-refractivity contribution in [3.8, 4) is 11.1 Å². The van der Waals surface area contributed by atoms with E-state index in [0.717, 1.165) is 24.3 Å². The first-order chi connectivity index (χ1) is 13.0. The average Bonchev–Trinajstić information content (AvgIpc) is 3.07. The highest BCUT2D eigenvalue weighted by Gasteiger charge is 2.13. The summed E-state index contributed by atoms with van der Waals surface area (Å²) in [4.78, 5) is 15.3. The van der Waals surface area contributed by atoms with E-state index in [4.69, 9.17) is 11.5 Å². The predicted molar refractivity (Wildman–Crippen MR) is 102 cm³/mol. The molecule has 0 aliphatic heterocycles. The zero-order valence-corrected chi connectivity index (χ0v) is 14.8. The lowest BCUT2D eigenvalue weighted by atomic mass is 10.0. The van der Waals surface area contributed by atoms with E-state index in [1.165, 1.54) is 12.1 Å². The van der Waals surface area contributed by atoms with Gasteiger partial charge in [0.25, 0.3) is 5.91 Å². The van der Waals surface area contributed by atoms with Crippen LogP contribution in [0.1, 0.15) is 23.3 Å². The van der Waals surface area contributed by atoms with E-state index < -0.39 is 11.6 Å². The Hall–Kier alpha value is -2.77. The van der Waals surface area contributed by atoms with Crippen LogP contribution in [0, 0.1) is 11.6 Å². The lowest BCUT2D eigenvalue weighted by Gasteiger charge is -2.11. The van der Waals surface area contributed by atoms with Crippen LogP contribution in [0.3, 0.4) is 0 Å². The molecule has 0 bridgehead atoms. The Kier molecular flexibility index (Phi) is 5.83. The molecule has 1 atom stereocenters. The number of aromatic nitrogens is 1. The van der Waals surface area contributed by atoms with E-state index in [1.807, 2.05) is 0 Å². The van der Waals surface area contributed by atoms with Crippen LogP contribution in [0.4, 0.5) is 8.78 Å². The van der Waals surface area contributed by atoms with Gasteiger partial charge in [-0.1, -0.05) is 12.1 Å². The molecule has 1 heterocycles. The number of hydrogen-bond donors (Lipinski definition) is 4. The minimum atomic E-state index is -0.634. The van der Waals surface area contributed by atoms with Gasteiger partial charge < -0.3 is 21.8 Å². The van der Waals surface area contributed by atoms with Gasteiger partial charge in [0.15, 0.2) is 0 Å². The molecule has 2 aromatic carbocycles. The fraction of sp³-hybridized carbons (Fsp3) is 0.250. The highest BCUT2D eigenvalue weighted by atomic mass is 19.1. The minimum absolute atomic E-state index is 0.144. The summed E-state index contributed by atoms with van der Waals surface area (Å²) in [5.41, 5.74) is 13.4. The summed E-state index contributed by atoms with van der Waals surface area (Å²) in [5.74, 6) is -1.52. The van der Waals surface area contributed by atoms with Crippen molar-refractivity contribution in [1.29, 1.82) is 0 Å². The summed E-state index contributed by atoms with van der Waals surface area (Å²) in [6, 6.07) is 10.3. The molecule has 1 aromatic heterocycles. The van der Waals surface area contributed by atoms with Crippen LogP contribution in [0.15, 0.2) is 42.5 Å². The van der Waals surface area contributed by atoms with Crippen LogP contribution in [-0.4, -0.2) is 30.0 Å². The maximum absolute atomic E-state index is 14.0.